The molecule has 0 spiro atoms. The fourth-order valence-corrected chi connectivity index (χ4v) is 2.18. The van der Waals surface area contributed by atoms with Crippen LogP contribution in [0.1, 0.15) is 18.1 Å². The van der Waals surface area contributed by atoms with Crippen LogP contribution >= 0.6 is 0 Å². The summed E-state index contributed by atoms with van der Waals surface area (Å²) in [6.07, 6.45) is 6.39. The van der Waals surface area contributed by atoms with Gasteiger partial charge in [0.25, 0.3) is 0 Å². The van der Waals surface area contributed by atoms with E-state index in [1.54, 1.807) is 0 Å². The zero-order valence-electron chi connectivity index (χ0n) is 10.9. The molecule has 3 nitrogen and oxygen atoms in total. The Bertz CT molecular complexity index is 447. The van der Waals surface area contributed by atoms with Crippen LogP contribution in [0.3, 0.4) is 0 Å². The first-order chi connectivity index (χ1) is 8.71. The second kappa shape index (κ2) is 5.48. The summed E-state index contributed by atoms with van der Waals surface area (Å²) in [7, 11) is 3.85. The van der Waals surface area contributed by atoms with Gasteiger partial charge in [0.2, 0.25) is 0 Å². The van der Waals surface area contributed by atoms with Gasteiger partial charge in [-0.05, 0) is 31.3 Å². The largest absolute Gasteiger partial charge is 0.384 e. The van der Waals surface area contributed by atoms with Crippen molar-refractivity contribution < 1.29 is 5.11 Å². The Labute approximate surface area is 108 Å². The van der Waals surface area contributed by atoms with Gasteiger partial charge in [-0.2, -0.15) is 0 Å². The number of aliphatic hydroxyl groups is 1. The lowest BCUT2D eigenvalue weighted by atomic mass is 9.91. The first kappa shape index (κ1) is 13.0. The molecule has 1 aromatic rings. The number of hydrogen-bond donors (Lipinski definition) is 3. The molecule has 0 radical (unpaired) electrons. The second-order valence-corrected chi connectivity index (χ2v) is 4.53. The molecule has 1 aromatic carbocycles. The minimum Gasteiger partial charge on any atom is -0.384 e. The van der Waals surface area contributed by atoms with Crippen LogP contribution in [-0.4, -0.2) is 24.9 Å². The van der Waals surface area contributed by atoms with Gasteiger partial charge in [0.1, 0.15) is 6.10 Å². The number of nitrogens with one attached hydrogen (secondary N) is 2. The normalized spacial score (nSPS) is 19.4. The number of benzene rings is 1. The summed E-state index contributed by atoms with van der Waals surface area (Å²) in [5.41, 5.74) is 1.68. The lowest BCUT2D eigenvalue weighted by molar-refractivity contribution is 0.217. The van der Waals surface area contributed by atoms with E-state index in [4.69, 9.17) is 0 Å². The van der Waals surface area contributed by atoms with E-state index >= 15 is 0 Å². The fraction of sp³-hybridized carbons (Fsp3) is 0.333. The van der Waals surface area contributed by atoms with Crippen LogP contribution in [0.5, 0.6) is 0 Å². The van der Waals surface area contributed by atoms with Gasteiger partial charge in [-0.1, -0.05) is 42.5 Å². The monoisotopic (exact) mass is 244 g/mol. The average molecular weight is 244 g/mol. The number of hydrogen-bond acceptors (Lipinski definition) is 3. The molecule has 18 heavy (non-hydrogen) atoms. The van der Waals surface area contributed by atoms with Crippen molar-refractivity contribution in [2.45, 2.75) is 18.2 Å². The van der Waals surface area contributed by atoms with Gasteiger partial charge in [-0.3, -0.25) is 10.6 Å². The molecule has 0 bridgehead atoms. The van der Waals surface area contributed by atoms with Crippen LogP contribution in [-0.2, 0) is 0 Å². The molecule has 3 N–H and O–H groups in total. The van der Waals surface area contributed by atoms with E-state index in [2.05, 4.69) is 22.8 Å². The molecule has 0 fully saturated rings. The predicted molar refractivity (Wildman–Crippen MR) is 74.1 cm³/mol. The lowest BCUT2D eigenvalue weighted by Crippen LogP contribution is -2.52. The van der Waals surface area contributed by atoms with Crippen molar-refractivity contribution in [1.82, 2.24) is 10.6 Å². The minimum atomic E-state index is -0.547. The third-order valence-corrected chi connectivity index (χ3v) is 3.54. The third kappa shape index (κ3) is 2.53. The Morgan fingerprint density at radius 1 is 1.17 bits per heavy atom. The molecular formula is C15H20N2O. The molecule has 0 saturated carbocycles. The van der Waals surface area contributed by atoms with Crippen LogP contribution < -0.4 is 10.6 Å². The molecular weight excluding hydrogens is 224 g/mol. The highest BCUT2D eigenvalue weighted by Crippen LogP contribution is 2.27. The molecule has 1 aliphatic rings. The third-order valence-electron chi connectivity index (χ3n) is 3.54. The highest BCUT2D eigenvalue weighted by atomic mass is 16.3. The summed E-state index contributed by atoms with van der Waals surface area (Å²) in [5, 5.41) is 16.8. The molecule has 0 aliphatic heterocycles. The molecule has 0 saturated heterocycles. The van der Waals surface area contributed by atoms with E-state index < -0.39 is 6.10 Å². The first-order valence-corrected chi connectivity index (χ1v) is 6.21. The molecule has 96 valence electrons. The predicted octanol–water partition coefficient (Wildman–Crippen LogP) is 1.74. The Morgan fingerprint density at radius 2 is 1.83 bits per heavy atom. The SMILES string of the molecule is CNC1(NC)C=CC(C(O)c2ccccc2)=CC1. The highest BCUT2D eigenvalue weighted by Gasteiger charge is 2.25. The first-order valence-electron chi connectivity index (χ1n) is 6.21. The molecule has 2 rings (SSSR count). The average Bonchev–Trinajstić information content (AvgIpc) is 2.47. The minimum absolute atomic E-state index is 0.195. The van der Waals surface area contributed by atoms with E-state index in [1.165, 1.54) is 0 Å². The van der Waals surface area contributed by atoms with Crippen LogP contribution in [0.4, 0.5) is 0 Å². The molecule has 0 amide bonds. The van der Waals surface area contributed by atoms with Gasteiger partial charge in [0.05, 0.1) is 5.66 Å². The number of rotatable bonds is 4. The van der Waals surface area contributed by atoms with Crippen molar-refractivity contribution in [1.29, 1.82) is 0 Å². The summed E-state index contributed by atoms with van der Waals surface area (Å²) in [6.45, 7) is 0. The zero-order chi connectivity index (χ0) is 13.0. The number of likely N-dealkylation sites (N-methyl/N-ethyl adjacent to an activating group) is 2. The van der Waals surface area contributed by atoms with Crippen molar-refractivity contribution in [3.05, 3.63) is 59.7 Å². The molecule has 0 aromatic heterocycles. The maximum Gasteiger partial charge on any atom is 0.104 e. The summed E-state index contributed by atoms with van der Waals surface area (Å²) in [4.78, 5) is 0. The fourth-order valence-electron chi connectivity index (χ4n) is 2.18. The van der Waals surface area contributed by atoms with Crippen LogP contribution in [0.15, 0.2) is 54.1 Å². The van der Waals surface area contributed by atoms with E-state index in [0.29, 0.717) is 0 Å². The van der Waals surface area contributed by atoms with Gasteiger partial charge in [0.15, 0.2) is 0 Å². The maximum absolute atomic E-state index is 10.3. The molecule has 1 atom stereocenters. The van der Waals surface area contributed by atoms with E-state index in [9.17, 15) is 5.11 Å². The number of aliphatic hydroxyl groups excluding tert-OH is 1. The van der Waals surface area contributed by atoms with Gasteiger partial charge < -0.3 is 5.11 Å². The van der Waals surface area contributed by atoms with Crippen molar-refractivity contribution in [3.8, 4) is 0 Å². The van der Waals surface area contributed by atoms with Crippen molar-refractivity contribution in [2.24, 2.45) is 0 Å². The van der Waals surface area contributed by atoms with Crippen molar-refractivity contribution >= 4 is 0 Å². The summed E-state index contributed by atoms with van der Waals surface area (Å²) >= 11 is 0. The van der Waals surface area contributed by atoms with Crippen LogP contribution in [0.2, 0.25) is 0 Å². The Kier molecular flexibility index (Phi) is 3.97. The lowest BCUT2D eigenvalue weighted by Gasteiger charge is -2.32. The molecule has 1 unspecified atom stereocenters. The van der Waals surface area contributed by atoms with Gasteiger partial charge in [-0.15, -0.1) is 0 Å². The van der Waals surface area contributed by atoms with Gasteiger partial charge in [0, 0.05) is 6.42 Å². The van der Waals surface area contributed by atoms with Crippen molar-refractivity contribution in [2.75, 3.05) is 14.1 Å². The summed E-state index contributed by atoms with van der Waals surface area (Å²) < 4.78 is 0. The summed E-state index contributed by atoms with van der Waals surface area (Å²) in [6, 6.07) is 9.72. The Balaban J connectivity index is 2.14. The van der Waals surface area contributed by atoms with Crippen LogP contribution in [0.25, 0.3) is 0 Å². The Hall–Kier alpha value is -1.42. The Morgan fingerprint density at radius 3 is 2.33 bits per heavy atom. The summed E-state index contributed by atoms with van der Waals surface area (Å²) in [5.74, 6) is 0. The highest BCUT2D eigenvalue weighted by molar-refractivity contribution is 5.36. The second-order valence-electron chi connectivity index (χ2n) is 4.53. The maximum atomic E-state index is 10.3. The van der Waals surface area contributed by atoms with Crippen molar-refractivity contribution in [3.63, 3.8) is 0 Å². The standard InChI is InChI=1S/C15H20N2O/c1-16-15(17-2)10-8-13(9-11-15)14(18)12-6-4-3-5-7-12/h3-10,14,16-18H,11H2,1-2H3. The van der Waals surface area contributed by atoms with Gasteiger partial charge >= 0.3 is 0 Å². The quantitative estimate of drug-likeness (QED) is 0.707. The smallest absolute Gasteiger partial charge is 0.104 e. The van der Waals surface area contributed by atoms with Gasteiger partial charge in [-0.25, -0.2) is 0 Å². The van der Waals surface area contributed by atoms with E-state index in [0.717, 1.165) is 17.6 Å². The molecule has 1 aliphatic carbocycles. The topological polar surface area (TPSA) is 44.3 Å². The van der Waals surface area contributed by atoms with Crippen LogP contribution in [0, 0.1) is 0 Å². The zero-order valence-corrected chi connectivity index (χ0v) is 10.9. The molecule has 3 heteroatoms. The van der Waals surface area contributed by atoms with E-state index in [-0.39, 0.29) is 5.66 Å². The molecule has 0 heterocycles. The van der Waals surface area contributed by atoms with E-state index in [1.807, 2.05) is 50.5 Å².